The average Bonchev–Trinajstić information content (AvgIpc) is 3.41. The lowest BCUT2D eigenvalue weighted by Gasteiger charge is -2.41. The predicted molar refractivity (Wildman–Crippen MR) is 154 cm³/mol. The molecule has 8 heteroatoms. The molecule has 1 aromatic carbocycles. The first-order chi connectivity index (χ1) is 19.0. The highest BCUT2D eigenvalue weighted by molar-refractivity contribution is 5.98. The average molecular weight is 538 g/mol. The molecule has 5 rings (SSSR count). The van der Waals surface area contributed by atoms with E-state index in [1.54, 1.807) is 13.4 Å². The molecular weight excluding hydrogens is 490 g/mol. The van der Waals surface area contributed by atoms with E-state index in [2.05, 4.69) is 21.8 Å². The SMILES string of the molecule is COC[C@]1(O)CCCC[C@H]1n1cnc(C(=O)N2CCNC[C@H]2CCN(C)C2CCCCC2)c1-c1ccccc1. The third-order valence-corrected chi connectivity index (χ3v) is 9.36. The highest BCUT2D eigenvalue weighted by atomic mass is 16.5. The number of piperazine rings is 1. The van der Waals surface area contributed by atoms with Crippen LogP contribution in [0.15, 0.2) is 36.7 Å². The topological polar surface area (TPSA) is 82.9 Å². The van der Waals surface area contributed by atoms with E-state index in [4.69, 9.17) is 9.72 Å². The largest absolute Gasteiger partial charge is 0.385 e. The summed E-state index contributed by atoms with van der Waals surface area (Å²) in [4.78, 5) is 23.6. The van der Waals surface area contributed by atoms with E-state index in [1.165, 1.54) is 32.1 Å². The Kier molecular flexibility index (Phi) is 9.38. The van der Waals surface area contributed by atoms with E-state index in [0.717, 1.165) is 56.6 Å². The molecule has 0 spiro atoms. The zero-order valence-electron chi connectivity index (χ0n) is 23.9. The van der Waals surface area contributed by atoms with Crippen molar-refractivity contribution in [1.29, 1.82) is 0 Å². The predicted octanol–water partition coefficient (Wildman–Crippen LogP) is 4.11. The first-order valence-electron chi connectivity index (χ1n) is 15.1. The third-order valence-electron chi connectivity index (χ3n) is 9.36. The summed E-state index contributed by atoms with van der Waals surface area (Å²) in [6, 6.07) is 10.7. The van der Waals surface area contributed by atoms with Crippen molar-refractivity contribution >= 4 is 5.91 Å². The lowest BCUT2D eigenvalue weighted by molar-refractivity contribution is -0.0893. The molecule has 1 saturated heterocycles. The van der Waals surface area contributed by atoms with Gasteiger partial charge >= 0.3 is 0 Å². The molecule has 39 heavy (non-hydrogen) atoms. The molecule has 3 fully saturated rings. The van der Waals surface area contributed by atoms with E-state index < -0.39 is 5.60 Å². The van der Waals surface area contributed by atoms with Crippen LogP contribution in [-0.4, -0.2) is 95.0 Å². The van der Waals surface area contributed by atoms with Gasteiger partial charge in [-0.15, -0.1) is 0 Å². The summed E-state index contributed by atoms with van der Waals surface area (Å²) in [6.07, 6.45) is 12.8. The highest BCUT2D eigenvalue weighted by Gasteiger charge is 2.42. The molecule has 214 valence electrons. The number of methoxy groups -OCH3 is 1. The zero-order valence-corrected chi connectivity index (χ0v) is 23.9. The van der Waals surface area contributed by atoms with E-state index in [1.807, 2.05) is 35.2 Å². The van der Waals surface area contributed by atoms with Crippen molar-refractivity contribution in [2.45, 2.75) is 87.9 Å². The monoisotopic (exact) mass is 537 g/mol. The summed E-state index contributed by atoms with van der Waals surface area (Å²) < 4.78 is 7.53. The van der Waals surface area contributed by atoms with Crippen molar-refractivity contribution < 1.29 is 14.6 Å². The number of ether oxygens (including phenoxy) is 1. The fraction of sp³-hybridized carbons (Fsp3) is 0.677. The van der Waals surface area contributed by atoms with Gasteiger partial charge in [0.2, 0.25) is 0 Å². The van der Waals surface area contributed by atoms with E-state index >= 15 is 0 Å². The van der Waals surface area contributed by atoms with Gasteiger partial charge in [0, 0.05) is 50.9 Å². The van der Waals surface area contributed by atoms with Crippen molar-refractivity contribution in [2.24, 2.45) is 0 Å². The highest BCUT2D eigenvalue weighted by Crippen LogP contribution is 2.41. The molecule has 8 nitrogen and oxygen atoms in total. The first-order valence-corrected chi connectivity index (χ1v) is 15.1. The number of nitrogens with zero attached hydrogens (tertiary/aromatic N) is 4. The van der Waals surface area contributed by atoms with Crippen molar-refractivity contribution in [3.8, 4) is 11.3 Å². The van der Waals surface area contributed by atoms with Crippen LogP contribution in [0.3, 0.4) is 0 Å². The Hall–Kier alpha value is -2.26. The van der Waals surface area contributed by atoms with Crippen LogP contribution in [0.2, 0.25) is 0 Å². The molecule has 3 aliphatic rings. The number of carbonyl (C=O) groups excluding carboxylic acids is 1. The summed E-state index contributed by atoms with van der Waals surface area (Å²) in [6.45, 7) is 3.53. The van der Waals surface area contributed by atoms with Crippen molar-refractivity contribution in [1.82, 2.24) is 24.7 Å². The van der Waals surface area contributed by atoms with Gasteiger partial charge in [0.1, 0.15) is 5.60 Å². The van der Waals surface area contributed by atoms with Crippen LogP contribution < -0.4 is 5.32 Å². The number of aromatic nitrogens is 2. The van der Waals surface area contributed by atoms with Crippen LogP contribution in [-0.2, 0) is 4.74 Å². The molecule has 0 radical (unpaired) electrons. The Morgan fingerprint density at radius 2 is 1.92 bits per heavy atom. The number of carbonyl (C=O) groups is 1. The van der Waals surface area contributed by atoms with Crippen molar-refractivity contribution in [3.63, 3.8) is 0 Å². The first kappa shape index (κ1) is 28.3. The number of benzene rings is 1. The Labute approximate surface area is 233 Å². The van der Waals surface area contributed by atoms with Crippen LogP contribution in [0.25, 0.3) is 11.3 Å². The number of aliphatic hydroxyl groups is 1. The minimum atomic E-state index is -0.987. The maximum Gasteiger partial charge on any atom is 0.275 e. The molecule has 3 atom stereocenters. The summed E-state index contributed by atoms with van der Waals surface area (Å²) in [5, 5.41) is 15.2. The second kappa shape index (κ2) is 12.9. The van der Waals surface area contributed by atoms with Gasteiger partial charge in [-0.05, 0) is 39.2 Å². The maximum absolute atomic E-state index is 14.3. The molecule has 1 aromatic heterocycles. The number of imidazole rings is 1. The zero-order chi connectivity index (χ0) is 27.2. The lowest BCUT2D eigenvalue weighted by Crippen LogP contribution is -2.54. The molecule has 1 aliphatic heterocycles. The van der Waals surface area contributed by atoms with Crippen molar-refractivity contribution in [2.75, 3.05) is 46.9 Å². The molecule has 0 bridgehead atoms. The van der Waals surface area contributed by atoms with Gasteiger partial charge in [-0.2, -0.15) is 0 Å². The van der Waals surface area contributed by atoms with Gasteiger partial charge in [0.25, 0.3) is 5.91 Å². The van der Waals surface area contributed by atoms with Gasteiger partial charge in [-0.25, -0.2) is 4.98 Å². The van der Waals surface area contributed by atoms with Gasteiger partial charge in [0.05, 0.1) is 24.7 Å². The van der Waals surface area contributed by atoms with Crippen LogP contribution in [0, 0.1) is 0 Å². The van der Waals surface area contributed by atoms with Crippen molar-refractivity contribution in [3.05, 3.63) is 42.4 Å². The van der Waals surface area contributed by atoms with Crippen LogP contribution in [0.4, 0.5) is 0 Å². The molecule has 2 saturated carbocycles. The normalized spacial score (nSPS) is 26.7. The van der Waals surface area contributed by atoms with Crippen LogP contribution in [0.1, 0.15) is 80.7 Å². The summed E-state index contributed by atoms with van der Waals surface area (Å²) >= 11 is 0. The second-order valence-corrected chi connectivity index (χ2v) is 11.9. The molecular formula is C31H47N5O3. The molecule has 0 unspecified atom stereocenters. The Morgan fingerprint density at radius 1 is 1.15 bits per heavy atom. The maximum atomic E-state index is 14.3. The van der Waals surface area contributed by atoms with Gasteiger partial charge < -0.3 is 29.5 Å². The quantitative estimate of drug-likeness (QED) is 0.501. The van der Waals surface area contributed by atoms with Gasteiger partial charge in [-0.3, -0.25) is 4.79 Å². The number of amides is 1. The molecule has 2 heterocycles. The molecule has 2 aromatic rings. The molecule has 2 aliphatic carbocycles. The standard InChI is InChI=1S/C31H47N5O3/c1-34(25-13-7-4-8-14-25)19-16-26-21-32-18-20-35(26)30(37)28-29(24-11-5-3-6-12-24)36(23-33-28)27-15-9-10-17-31(27,38)22-39-2/h3,5-6,11-12,23,25-27,32,38H,4,7-10,13-22H2,1-2H3/t26-,27-,31-/m1/s1. The van der Waals surface area contributed by atoms with E-state index in [0.29, 0.717) is 24.7 Å². The number of rotatable bonds is 9. The summed E-state index contributed by atoms with van der Waals surface area (Å²) in [7, 11) is 3.89. The van der Waals surface area contributed by atoms with Gasteiger partial charge in [-0.1, -0.05) is 62.4 Å². The van der Waals surface area contributed by atoms with Crippen LogP contribution in [0.5, 0.6) is 0 Å². The number of nitrogens with one attached hydrogen (secondary N) is 1. The minimum Gasteiger partial charge on any atom is -0.385 e. The smallest absolute Gasteiger partial charge is 0.275 e. The summed E-state index contributed by atoms with van der Waals surface area (Å²) in [5.74, 6) is -0.00878. The summed E-state index contributed by atoms with van der Waals surface area (Å²) in [5.41, 5.74) is 1.25. The number of hydrogen-bond donors (Lipinski definition) is 2. The Balaban J connectivity index is 1.42. The minimum absolute atomic E-state index is 0.00878. The molecule has 1 amide bonds. The third kappa shape index (κ3) is 6.24. The molecule has 2 N–H and O–H groups in total. The van der Waals surface area contributed by atoms with E-state index in [9.17, 15) is 9.90 Å². The lowest BCUT2D eigenvalue weighted by atomic mass is 9.80. The van der Waals surface area contributed by atoms with Crippen LogP contribution >= 0.6 is 0 Å². The van der Waals surface area contributed by atoms with Gasteiger partial charge in [0.15, 0.2) is 5.69 Å². The number of hydrogen-bond acceptors (Lipinski definition) is 6. The van der Waals surface area contributed by atoms with E-state index in [-0.39, 0.29) is 24.6 Å². The Bertz CT molecular complexity index is 1070. The second-order valence-electron chi connectivity index (χ2n) is 11.9. The Morgan fingerprint density at radius 3 is 2.69 bits per heavy atom. The fourth-order valence-electron chi connectivity index (χ4n) is 7.14. The fourth-order valence-corrected chi connectivity index (χ4v) is 7.14.